The van der Waals surface area contributed by atoms with Gasteiger partial charge in [-0.2, -0.15) is 5.10 Å². The highest BCUT2D eigenvalue weighted by molar-refractivity contribution is 6.30. The first-order chi connectivity index (χ1) is 14.9. The summed E-state index contributed by atoms with van der Waals surface area (Å²) in [7, 11) is 1.52. The molecule has 1 amide bonds. The number of methoxy groups -OCH3 is 1. The van der Waals surface area contributed by atoms with Gasteiger partial charge in [0.05, 0.1) is 24.4 Å². The Morgan fingerprint density at radius 1 is 1.39 bits per heavy atom. The minimum atomic E-state index is -0.137. The molecule has 1 atom stereocenters. The van der Waals surface area contributed by atoms with E-state index in [4.69, 9.17) is 16.3 Å². The third kappa shape index (κ3) is 3.96. The minimum absolute atomic E-state index is 0.115. The molecule has 0 aliphatic carbocycles. The first-order valence-electron chi connectivity index (χ1n) is 9.79. The van der Waals surface area contributed by atoms with Gasteiger partial charge < -0.3 is 9.64 Å². The fourth-order valence-electron chi connectivity index (χ4n) is 3.82. The second-order valence-corrected chi connectivity index (χ2v) is 7.72. The standard InChI is InChI=1S/C23H22ClN5O2/c1-14(11-25-16(3)31-4)18-6-5-7-19-15(2)28(9-8-20(18)19)23(30)21-10-22-26-12-17(24)13-29(22)27-21/h5-7,10-13,15H,1,3,8-9H2,2,4H3/b25-11-. The van der Waals surface area contributed by atoms with E-state index in [9.17, 15) is 4.79 Å². The molecule has 0 radical (unpaired) electrons. The predicted molar refractivity (Wildman–Crippen MR) is 121 cm³/mol. The maximum absolute atomic E-state index is 13.2. The van der Waals surface area contributed by atoms with Crippen LogP contribution in [0.4, 0.5) is 0 Å². The van der Waals surface area contributed by atoms with Crippen molar-refractivity contribution in [1.29, 1.82) is 0 Å². The van der Waals surface area contributed by atoms with E-state index in [2.05, 4.69) is 28.2 Å². The fourth-order valence-corrected chi connectivity index (χ4v) is 3.97. The molecular formula is C23H22ClN5O2. The molecule has 0 bridgehead atoms. The van der Waals surface area contributed by atoms with Crippen molar-refractivity contribution in [3.63, 3.8) is 0 Å². The number of hydrogen-bond acceptors (Lipinski definition) is 5. The Balaban J connectivity index is 1.61. The van der Waals surface area contributed by atoms with Crippen LogP contribution in [0.15, 0.2) is 60.7 Å². The summed E-state index contributed by atoms with van der Waals surface area (Å²) < 4.78 is 6.50. The van der Waals surface area contributed by atoms with E-state index in [0.29, 0.717) is 35.2 Å². The van der Waals surface area contributed by atoms with E-state index in [0.717, 1.165) is 16.7 Å². The molecule has 3 heterocycles. The van der Waals surface area contributed by atoms with Gasteiger partial charge in [-0.3, -0.25) is 4.79 Å². The van der Waals surface area contributed by atoms with Crippen molar-refractivity contribution in [1.82, 2.24) is 19.5 Å². The summed E-state index contributed by atoms with van der Waals surface area (Å²) in [5.74, 6) is 0.182. The first kappa shape index (κ1) is 20.8. The number of ether oxygens (including phenoxy) is 1. The maximum Gasteiger partial charge on any atom is 0.274 e. The molecule has 0 saturated heterocycles. The summed E-state index contributed by atoms with van der Waals surface area (Å²) in [5, 5.41) is 4.82. The van der Waals surface area contributed by atoms with Crippen molar-refractivity contribution in [2.75, 3.05) is 13.7 Å². The molecule has 0 N–H and O–H groups in total. The zero-order valence-corrected chi connectivity index (χ0v) is 18.1. The molecular weight excluding hydrogens is 414 g/mol. The molecule has 3 aromatic rings. The van der Waals surface area contributed by atoms with Gasteiger partial charge in [0.25, 0.3) is 5.91 Å². The Morgan fingerprint density at radius 3 is 2.97 bits per heavy atom. The Bertz CT molecular complexity index is 1230. The van der Waals surface area contributed by atoms with Crippen LogP contribution in [0.5, 0.6) is 0 Å². The van der Waals surface area contributed by atoms with Gasteiger partial charge in [-0.15, -0.1) is 0 Å². The molecule has 4 rings (SSSR count). The highest BCUT2D eigenvalue weighted by atomic mass is 35.5. The highest BCUT2D eigenvalue weighted by Crippen LogP contribution is 2.34. The van der Waals surface area contributed by atoms with E-state index in [-0.39, 0.29) is 11.9 Å². The van der Waals surface area contributed by atoms with E-state index < -0.39 is 0 Å². The van der Waals surface area contributed by atoms with Gasteiger partial charge in [-0.1, -0.05) is 36.4 Å². The van der Waals surface area contributed by atoms with Gasteiger partial charge in [0.2, 0.25) is 5.88 Å². The number of amides is 1. The van der Waals surface area contributed by atoms with Crippen molar-refractivity contribution in [2.45, 2.75) is 19.4 Å². The average Bonchev–Trinajstić information content (AvgIpc) is 3.20. The molecule has 1 aliphatic heterocycles. The Hall–Kier alpha value is -3.45. The number of carbonyl (C=O) groups is 1. The lowest BCUT2D eigenvalue weighted by Crippen LogP contribution is -2.39. The van der Waals surface area contributed by atoms with Crippen LogP contribution in [0.3, 0.4) is 0 Å². The van der Waals surface area contributed by atoms with E-state index in [1.54, 1.807) is 18.5 Å². The number of nitrogens with zero attached hydrogens (tertiary/aromatic N) is 5. The van der Waals surface area contributed by atoms with Crippen LogP contribution >= 0.6 is 11.6 Å². The fraction of sp³-hybridized carbons (Fsp3) is 0.217. The zero-order chi connectivity index (χ0) is 22.1. The van der Waals surface area contributed by atoms with Gasteiger partial charge in [-0.05, 0) is 42.2 Å². The second-order valence-electron chi connectivity index (χ2n) is 7.28. The van der Waals surface area contributed by atoms with Crippen LogP contribution in [0, 0.1) is 0 Å². The van der Waals surface area contributed by atoms with E-state index >= 15 is 0 Å². The molecule has 0 spiro atoms. The first-order valence-corrected chi connectivity index (χ1v) is 10.2. The monoisotopic (exact) mass is 435 g/mol. The summed E-state index contributed by atoms with van der Waals surface area (Å²) in [6, 6.07) is 7.60. The van der Waals surface area contributed by atoms with Gasteiger partial charge in [0, 0.05) is 25.0 Å². The molecule has 2 aromatic heterocycles. The molecule has 1 aliphatic rings. The van der Waals surface area contributed by atoms with E-state index in [1.807, 2.05) is 30.0 Å². The van der Waals surface area contributed by atoms with Crippen LogP contribution in [0.1, 0.15) is 40.1 Å². The zero-order valence-electron chi connectivity index (χ0n) is 17.4. The summed E-state index contributed by atoms with van der Waals surface area (Å²) in [6.07, 6.45) is 5.52. The molecule has 8 heteroatoms. The molecule has 7 nitrogen and oxygen atoms in total. The summed E-state index contributed by atoms with van der Waals surface area (Å²) >= 11 is 5.98. The predicted octanol–water partition coefficient (Wildman–Crippen LogP) is 4.34. The molecule has 1 aromatic carbocycles. The van der Waals surface area contributed by atoms with E-state index in [1.165, 1.54) is 23.4 Å². The second kappa shape index (κ2) is 8.35. The largest absolute Gasteiger partial charge is 0.481 e. The van der Waals surface area contributed by atoms with Crippen LogP contribution in [-0.4, -0.2) is 45.3 Å². The Kier molecular flexibility index (Phi) is 5.61. The number of rotatable bonds is 5. The van der Waals surface area contributed by atoms with Crippen molar-refractivity contribution < 1.29 is 9.53 Å². The Morgan fingerprint density at radius 2 is 2.19 bits per heavy atom. The van der Waals surface area contributed by atoms with Crippen molar-refractivity contribution in [3.05, 3.63) is 83.1 Å². The number of benzene rings is 1. The smallest absolute Gasteiger partial charge is 0.274 e. The summed E-state index contributed by atoms with van der Waals surface area (Å²) in [4.78, 5) is 23.4. The van der Waals surface area contributed by atoms with Crippen LogP contribution in [-0.2, 0) is 11.2 Å². The number of fused-ring (bicyclic) bond motifs is 2. The van der Waals surface area contributed by atoms with Crippen molar-refractivity contribution in [3.8, 4) is 0 Å². The molecule has 31 heavy (non-hydrogen) atoms. The molecule has 0 fully saturated rings. The van der Waals surface area contributed by atoms with Gasteiger partial charge in [0.15, 0.2) is 11.3 Å². The van der Waals surface area contributed by atoms with Crippen LogP contribution < -0.4 is 0 Å². The Labute approximate surface area is 185 Å². The van der Waals surface area contributed by atoms with Gasteiger partial charge >= 0.3 is 0 Å². The third-order valence-electron chi connectivity index (χ3n) is 5.44. The van der Waals surface area contributed by atoms with Gasteiger partial charge in [0.1, 0.15) is 0 Å². The number of carbonyl (C=O) groups excluding carboxylic acids is 1. The molecule has 158 valence electrons. The van der Waals surface area contributed by atoms with Crippen molar-refractivity contribution >= 4 is 34.9 Å². The minimum Gasteiger partial charge on any atom is -0.481 e. The SMILES string of the molecule is C=C(/N=C\C(=C)c1cccc2c1CCN(C(=O)c1cc3ncc(Cl)cn3n1)C2C)OC. The normalized spacial score (nSPS) is 15.8. The lowest BCUT2D eigenvalue weighted by molar-refractivity contribution is 0.0671. The number of hydrogen-bond donors (Lipinski definition) is 0. The quantitative estimate of drug-likeness (QED) is 0.441. The summed E-state index contributed by atoms with van der Waals surface area (Å²) in [5.41, 5.74) is 4.95. The van der Waals surface area contributed by atoms with Crippen molar-refractivity contribution in [2.24, 2.45) is 4.99 Å². The average molecular weight is 436 g/mol. The number of aliphatic imine (C=N–C) groups is 1. The van der Waals surface area contributed by atoms with Gasteiger partial charge in [-0.25, -0.2) is 14.5 Å². The third-order valence-corrected chi connectivity index (χ3v) is 5.64. The van der Waals surface area contributed by atoms with Crippen LogP contribution in [0.2, 0.25) is 5.02 Å². The highest BCUT2D eigenvalue weighted by Gasteiger charge is 2.31. The summed E-state index contributed by atoms with van der Waals surface area (Å²) in [6.45, 7) is 10.4. The molecule has 1 unspecified atom stereocenters. The number of aromatic nitrogens is 3. The maximum atomic E-state index is 13.2. The lowest BCUT2D eigenvalue weighted by Gasteiger charge is -2.36. The number of allylic oxidation sites excluding steroid dienone is 1. The lowest BCUT2D eigenvalue weighted by atomic mass is 9.87. The van der Waals surface area contributed by atoms with Crippen LogP contribution in [0.25, 0.3) is 11.2 Å². The molecule has 0 saturated carbocycles. The number of halogens is 1. The topological polar surface area (TPSA) is 72.1 Å².